The molecule has 0 radical (unpaired) electrons. The van der Waals surface area contributed by atoms with E-state index in [-0.39, 0.29) is 17.9 Å². The van der Waals surface area contributed by atoms with Crippen LogP contribution in [0.4, 0.5) is 5.69 Å². The maximum Gasteiger partial charge on any atom is 0.224 e. The number of aliphatic imine (C=N–C) groups is 1. The molecule has 10 nitrogen and oxygen atoms in total. The number of amides is 1. The first-order valence-electron chi connectivity index (χ1n) is 9.45. The lowest BCUT2D eigenvalue weighted by molar-refractivity contribution is -0.124. The molecule has 5 N–H and O–H groups in total. The summed E-state index contributed by atoms with van der Waals surface area (Å²) in [5.41, 5.74) is 7.55. The topological polar surface area (TPSA) is 135 Å². The highest BCUT2D eigenvalue weighted by atomic mass is 35.5. The highest BCUT2D eigenvalue weighted by molar-refractivity contribution is 7.99. The number of thioether (sulfide) groups is 1. The Hall–Kier alpha value is -3.15. The van der Waals surface area contributed by atoms with E-state index in [0.717, 1.165) is 5.69 Å². The minimum absolute atomic E-state index is 0.115. The molecular formula is C19H20ClN9OS. The Balaban J connectivity index is 1.37. The number of nitrogens with two attached hydrogens (primary N) is 1. The molecule has 0 spiro atoms. The van der Waals surface area contributed by atoms with Crippen LogP contribution in [0, 0.1) is 0 Å². The predicted octanol–water partition coefficient (Wildman–Crippen LogP) is 1.60. The van der Waals surface area contributed by atoms with Crippen LogP contribution in [0.5, 0.6) is 0 Å². The minimum atomic E-state index is -0.649. The molecule has 1 aliphatic rings. The lowest BCUT2D eigenvalue weighted by atomic mass is 10.2. The number of carbonyl (C=O) groups is 1. The summed E-state index contributed by atoms with van der Waals surface area (Å²) in [6, 6.07) is 16.6. The summed E-state index contributed by atoms with van der Waals surface area (Å²) >= 11 is 7.43. The molecule has 1 fully saturated rings. The van der Waals surface area contributed by atoms with Crippen molar-refractivity contribution in [2.45, 2.75) is 23.9 Å². The number of aromatic nitrogens is 4. The van der Waals surface area contributed by atoms with E-state index in [0.29, 0.717) is 28.0 Å². The molecule has 0 aliphatic carbocycles. The number of rotatable bonds is 6. The molecule has 160 valence electrons. The lowest BCUT2D eigenvalue weighted by Crippen LogP contribution is -2.57. The van der Waals surface area contributed by atoms with Crippen LogP contribution in [0.2, 0.25) is 5.02 Å². The van der Waals surface area contributed by atoms with E-state index in [1.165, 1.54) is 11.8 Å². The number of hydrogen-bond donors (Lipinski definition) is 4. The Morgan fingerprint density at radius 3 is 2.94 bits per heavy atom. The number of para-hydroxylation sites is 1. The van der Waals surface area contributed by atoms with Gasteiger partial charge in [-0.3, -0.25) is 10.1 Å². The average molecular weight is 458 g/mol. The maximum absolute atomic E-state index is 12.2. The van der Waals surface area contributed by atoms with E-state index in [4.69, 9.17) is 17.3 Å². The summed E-state index contributed by atoms with van der Waals surface area (Å²) in [6.07, 6.45) is -0.336. The molecule has 31 heavy (non-hydrogen) atoms. The van der Waals surface area contributed by atoms with Gasteiger partial charge in [0.15, 0.2) is 12.2 Å². The number of carbonyl (C=O) groups excluding carboxylic acids is 1. The third-order valence-corrected chi connectivity index (χ3v) is 5.66. The molecule has 3 aromatic rings. The maximum atomic E-state index is 12.2. The zero-order valence-electron chi connectivity index (χ0n) is 16.3. The van der Waals surface area contributed by atoms with Crippen molar-refractivity contribution in [3.05, 3.63) is 59.6 Å². The van der Waals surface area contributed by atoms with Gasteiger partial charge in [-0.2, -0.15) is 4.68 Å². The molecule has 2 heterocycles. The third kappa shape index (κ3) is 5.72. The van der Waals surface area contributed by atoms with Crippen LogP contribution >= 0.6 is 23.4 Å². The predicted molar refractivity (Wildman–Crippen MR) is 120 cm³/mol. The summed E-state index contributed by atoms with van der Waals surface area (Å²) < 4.78 is 1.66. The number of halogens is 1. The molecule has 0 bridgehead atoms. The first-order chi connectivity index (χ1) is 15.1. The van der Waals surface area contributed by atoms with Crippen molar-refractivity contribution in [3.63, 3.8) is 0 Å². The van der Waals surface area contributed by atoms with Crippen LogP contribution in [0.1, 0.15) is 6.42 Å². The van der Waals surface area contributed by atoms with Crippen molar-refractivity contribution in [1.82, 2.24) is 30.8 Å². The van der Waals surface area contributed by atoms with Crippen LogP contribution < -0.4 is 21.7 Å². The van der Waals surface area contributed by atoms with Crippen LogP contribution in [0.25, 0.3) is 5.69 Å². The normalized spacial score (nSPS) is 19.1. The quantitative estimate of drug-likeness (QED) is 0.249. The summed E-state index contributed by atoms with van der Waals surface area (Å²) in [7, 11) is 0. The van der Waals surface area contributed by atoms with Crippen molar-refractivity contribution in [1.29, 1.82) is 0 Å². The summed E-state index contributed by atoms with van der Waals surface area (Å²) in [6.45, 7) is 0. The lowest BCUT2D eigenvalue weighted by Gasteiger charge is -2.29. The minimum Gasteiger partial charge on any atom is -0.370 e. The Morgan fingerprint density at radius 1 is 1.29 bits per heavy atom. The molecule has 1 aromatic heterocycles. The van der Waals surface area contributed by atoms with Gasteiger partial charge in [0.1, 0.15) is 0 Å². The van der Waals surface area contributed by atoms with Gasteiger partial charge in [-0.25, -0.2) is 4.99 Å². The van der Waals surface area contributed by atoms with Gasteiger partial charge >= 0.3 is 0 Å². The SMILES string of the molecule is N/C(=N\C1NC(=O)CC(CSc2nnnn2-c2ccccc2)N1)Nc1cccc(Cl)c1. The number of guanidine groups is 1. The fourth-order valence-corrected chi connectivity index (χ4v) is 4.11. The summed E-state index contributed by atoms with van der Waals surface area (Å²) in [4.78, 5) is 16.5. The van der Waals surface area contributed by atoms with Gasteiger partial charge in [-0.05, 0) is 40.8 Å². The average Bonchev–Trinajstić information content (AvgIpc) is 3.21. The number of benzene rings is 2. The van der Waals surface area contributed by atoms with Gasteiger partial charge in [-0.15, -0.1) is 5.10 Å². The fraction of sp³-hybridized carbons (Fsp3) is 0.211. The van der Waals surface area contributed by atoms with E-state index in [1.807, 2.05) is 36.4 Å². The van der Waals surface area contributed by atoms with Crippen molar-refractivity contribution < 1.29 is 4.79 Å². The van der Waals surface area contributed by atoms with E-state index in [9.17, 15) is 4.79 Å². The number of nitrogens with zero attached hydrogens (tertiary/aromatic N) is 5. The van der Waals surface area contributed by atoms with Gasteiger partial charge < -0.3 is 16.4 Å². The van der Waals surface area contributed by atoms with E-state index in [2.05, 4.69) is 36.5 Å². The molecule has 1 aliphatic heterocycles. The number of nitrogens with one attached hydrogen (secondary N) is 3. The molecule has 12 heteroatoms. The zero-order chi connectivity index (χ0) is 21.6. The van der Waals surface area contributed by atoms with Crippen molar-refractivity contribution in [3.8, 4) is 5.69 Å². The smallest absolute Gasteiger partial charge is 0.224 e. The number of hydrogen-bond acceptors (Lipinski definition) is 7. The Morgan fingerprint density at radius 2 is 2.13 bits per heavy atom. The molecule has 2 unspecified atom stereocenters. The van der Waals surface area contributed by atoms with E-state index < -0.39 is 6.29 Å². The van der Waals surface area contributed by atoms with Crippen molar-refractivity contribution >= 4 is 40.9 Å². The Kier molecular flexibility index (Phi) is 6.65. The first kappa shape index (κ1) is 21.1. The molecule has 1 amide bonds. The first-order valence-corrected chi connectivity index (χ1v) is 10.8. The second-order valence-corrected chi connectivity index (χ2v) is 8.13. The monoisotopic (exact) mass is 457 g/mol. The standard InChI is InChI=1S/C19H20ClN9OS/c20-12-5-4-6-13(9-12)22-17(21)25-18-23-14(10-16(30)24-18)11-31-19-26-27-28-29(19)15-7-2-1-3-8-15/h1-9,14,18,23H,10-11H2,(H,24,30)(H3,21,22,25). The molecule has 4 rings (SSSR count). The number of anilines is 1. The highest BCUT2D eigenvalue weighted by Crippen LogP contribution is 2.20. The number of tetrazole rings is 1. The van der Waals surface area contributed by atoms with E-state index >= 15 is 0 Å². The molecular weight excluding hydrogens is 438 g/mol. The largest absolute Gasteiger partial charge is 0.370 e. The van der Waals surface area contributed by atoms with Crippen LogP contribution in [0.15, 0.2) is 64.7 Å². The molecule has 0 saturated carbocycles. The van der Waals surface area contributed by atoms with Crippen LogP contribution in [-0.2, 0) is 4.79 Å². The van der Waals surface area contributed by atoms with Gasteiger partial charge in [-0.1, -0.05) is 47.6 Å². The van der Waals surface area contributed by atoms with E-state index in [1.54, 1.807) is 22.9 Å². The Labute approximate surface area is 187 Å². The van der Waals surface area contributed by atoms with Crippen LogP contribution in [0.3, 0.4) is 0 Å². The Bertz CT molecular complexity index is 1080. The zero-order valence-corrected chi connectivity index (χ0v) is 17.8. The van der Waals surface area contributed by atoms with Gasteiger partial charge in [0.05, 0.1) is 5.69 Å². The van der Waals surface area contributed by atoms with Crippen LogP contribution in [-0.4, -0.2) is 50.2 Å². The van der Waals surface area contributed by atoms with Crippen molar-refractivity contribution in [2.75, 3.05) is 11.1 Å². The molecule has 2 aromatic carbocycles. The summed E-state index contributed by atoms with van der Waals surface area (Å²) in [5.74, 6) is 0.617. The molecule has 2 atom stereocenters. The fourth-order valence-electron chi connectivity index (χ4n) is 3.00. The third-order valence-electron chi connectivity index (χ3n) is 4.34. The van der Waals surface area contributed by atoms with Gasteiger partial charge in [0.2, 0.25) is 11.1 Å². The summed E-state index contributed by atoms with van der Waals surface area (Å²) in [5, 5.41) is 22.1. The van der Waals surface area contributed by atoms with Crippen molar-refractivity contribution in [2.24, 2.45) is 10.7 Å². The van der Waals surface area contributed by atoms with Gasteiger partial charge in [0.25, 0.3) is 0 Å². The molecule has 1 saturated heterocycles. The van der Waals surface area contributed by atoms with Gasteiger partial charge in [0, 0.05) is 28.9 Å². The highest BCUT2D eigenvalue weighted by Gasteiger charge is 2.26. The second kappa shape index (κ2) is 9.77. The second-order valence-electron chi connectivity index (χ2n) is 6.71.